The number of rotatable bonds is 22. The number of nitrogens with two attached hydrogens (primary N) is 1. The number of ether oxygens (including phenoxy) is 2. The Morgan fingerprint density at radius 2 is 1.66 bits per heavy atom. The summed E-state index contributed by atoms with van der Waals surface area (Å²) in [5, 5.41) is 27.0. The molecule has 1 aromatic rings. The van der Waals surface area contributed by atoms with Gasteiger partial charge in [0.1, 0.15) is 18.7 Å². The van der Waals surface area contributed by atoms with E-state index in [2.05, 4.69) is 16.0 Å². The number of nitrogens with one attached hydrogen (secondary N) is 3. The molecule has 0 bridgehead atoms. The molecule has 7 N–H and O–H groups in total. The number of likely N-dealkylation sites (N-methyl/N-ethyl adjacent to an activating group) is 1. The molecule has 53 heavy (non-hydrogen) atoms. The maximum Gasteiger partial charge on any atom is 0.245 e. The van der Waals surface area contributed by atoms with Gasteiger partial charge in [-0.2, -0.15) is 0 Å². The molecule has 0 saturated carbocycles. The predicted molar refractivity (Wildman–Crippen MR) is 200 cm³/mol. The Morgan fingerprint density at radius 1 is 1.00 bits per heavy atom. The van der Waals surface area contributed by atoms with Crippen LogP contribution in [0.25, 0.3) is 0 Å². The summed E-state index contributed by atoms with van der Waals surface area (Å²) in [4.78, 5) is 69.3. The largest absolute Gasteiger partial charge is 0.394 e. The molecule has 300 valence electrons. The van der Waals surface area contributed by atoms with E-state index >= 15 is 0 Å². The Balaban J connectivity index is 2.21. The van der Waals surface area contributed by atoms with Crippen molar-refractivity contribution in [2.45, 2.75) is 109 Å². The highest BCUT2D eigenvalue weighted by Gasteiger charge is 2.43. The number of benzene rings is 1. The van der Waals surface area contributed by atoms with Gasteiger partial charge in [-0.15, -0.1) is 0 Å². The standard InChI is InChI=1S/C38H64N6O9/c1-9-24(4)34(43(6)38(51)33(23(2)3)42-37(50)28(39)20-40-31(47)22-46)30(52-7)19-32(48)44-17-13-16-29(44)35(53-8)25(5)36(49)41-27(21-45)18-26-14-11-10-12-15-26/h10-12,14-15,23-25,27-30,33-35,45-46H,9,13,16-22,39H2,1-8H3,(H,40,47)(H,41,49)(H,42,50)/t24-,25+,27-,28-,29-,30+,33-,34-,35+/m0/s1. The topological polar surface area (TPSA) is 213 Å². The normalized spacial score (nSPS) is 18.9. The molecular formula is C38H64N6O9. The molecule has 0 radical (unpaired) electrons. The number of amides is 5. The molecule has 1 saturated heterocycles. The van der Waals surface area contributed by atoms with Crippen molar-refractivity contribution in [1.29, 1.82) is 0 Å². The van der Waals surface area contributed by atoms with Crippen LogP contribution in [0.15, 0.2) is 30.3 Å². The van der Waals surface area contributed by atoms with Gasteiger partial charge < -0.3 is 51.2 Å². The highest BCUT2D eigenvalue weighted by Crippen LogP contribution is 2.29. The number of carbonyl (C=O) groups is 5. The predicted octanol–water partition coefficient (Wildman–Crippen LogP) is 0.203. The van der Waals surface area contributed by atoms with Crippen molar-refractivity contribution in [1.82, 2.24) is 25.8 Å². The molecule has 1 aliphatic rings. The first kappa shape index (κ1) is 45.5. The molecule has 0 aromatic heterocycles. The van der Waals surface area contributed by atoms with E-state index in [1.165, 1.54) is 14.2 Å². The molecule has 1 heterocycles. The summed E-state index contributed by atoms with van der Waals surface area (Å²) in [7, 11) is 4.67. The molecule has 0 spiro atoms. The molecule has 9 atom stereocenters. The van der Waals surface area contributed by atoms with Gasteiger partial charge in [0.15, 0.2) is 0 Å². The fraction of sp³-hybridized carbons (Fsp3) is 0.711. The number of nitrogens with zero attached hydrogens (tertiary/aromatic N) is 2. The van der Waals surface area contributed by atoms with Crippen LogP contribution < -0.4 is 21.7 Å². The van der Waals surface area contributed by atoms with Gasteiger partial charge in [0, 0.05) is 34.4 Å². The third kappa shape index (κ3) is 13.0. The minimum atomic E-state index is -1.15. The number of hydrogen-bond donors (Lipinski definition) is 6. The van der Waals surface area contributed by atoms with Gasteiger partial charge in [0.2, 0.25) is 29.5 Å². The van der Waals surface area contributed by atoms with Gasteiger partial charge in [0.05, 0.1) is 49.3 Å². The highest BCUT2D eigenvalue weighted by atomic mass is 16.5. The van der Waals surface area contributed by atoms with Crippen LogP contribution in [0.3, 0.4) is 0 Å². The Morgan fingerprint density at radius 3 is 2.21 bits per heavy atom. The lowest BCUT2D eigenvalue weighted by atomic mass is 9.89. The monoisotopic (exact) mass is 748 g/mol. The minimum absolute atomic E-state index is 0.0333. The van der Waals surface area contributed by atoms with E-state index in [1.54, 1.807) is 37.6 Å². The average Bonchev–Trinajstić information content (AvgIpc) is 3.64. The molecule has 0 unspecified atom stereocenters. The molecule has 15 heteroatoms. The Labute approximate surface area is 314 Å². The Bertz CT molecular complexity index is 1320. The molecule has 1 aromatic carbocycles. The number of aliphatic hydroxyl groups is 2. The molecule has 15 nitrogen and oxygen atoms in total. The average molecular weight is 749 g/mol. The van der Waals surface area contributed by atoms with Crippen LogP contribution in [-0.2, 0) is 39.9 Å². The van der Waals surface area contributed by atoms with Crippen molar-refractivity contribution in [3.63, 3.8) is 0 Å². The number of likely N-dealkylation sites (tertiary alicyclic amines) is 1. The summed E-state index contributed by atoms with van der Waals surface area (Å²) in [5.41, 5.74) is 6.94. The summed E-state index contributed by atoms with van der Waals surface area (Å²) in [6.07, 6.45) is 1.18. The van der Waals surface area contributed by atoms with Crippen molar-refractivity contribution < 1.29 is 43.7 Å². The summed E-state index contributed by atoms with van der Waals surface area (Å²) in [6, 6.07) is 6.09. The second-order valence-corrected chi connectivity index (χ2v) is 14.5. The van der Waals surface area contributed by atoms with Crippen LogP contribution in [0.5, 0.6) is 0 Å². The van der Waals surface area contributed by atoms with E-state index in [1.807, 2.05) is 44.2 Å². The zero-order valence-electron chi connectivity index (χ0n) is 32.7. The molecule has 1 aliphatic heterocycles. The van der Waals surface area contributed by atoms with Crippen LogP contribution in [0.4, 0.5) is 0 Å². The summed E-state index contributed by atoms with van der Waals surface area (Å²) in [5.74, 6) is -3.21. The summed E-state index contributed by atoms with van der Waals surface area (Å²) < 4.78 is 11.8. The minimum Gasteiger partial charge on any atom is -0.394 e. The molecular weight excluding hydrogens is 684 g/mol. The summed E-state index contributed by atoms with van der Waals surface area (Å²) in [6.45, 7) is 8.60. The zero-order valence-corrected chi connectivity index (χ0v) is 32.7. The molecule has 1 fully saturated rings. The van der Waals surface area contributed by atoms with Gasteiger partial charge in [-0.3, -0.25) is 24.0 Å². The van der Waals surface area contributed by atoms with Crippen molar-refractivity contribution in [3.8, 4) is 0 Å². The molecule has 5 amide bonds. The van der Waals surface area contributed by atoms with Crippen LogP contribution in [0.2, 0.25) is 0 Å². The van der Waals surface area contributed by atoms with E-state index in [0.29, 0.717) is 25.8 Å². The van der Waals surface area contributed by atoms with Gasteiger partial charge in [-0.05, 0) is 36.7 Å². The number of aliphatic hydroxyl groups excluding tert-OH is 2. The Hall–Kier alpha value is -3.63. The van der Waals surface area contributed by atoms with Crippen LogP contribution in [-0.4, -0.2) is 140 Å². The van der Waals surface area contributed by atoms with Crippen molar-refractivity contribution in [2.75, 3.05) is 47.6 Å². The van der Waals surface area contributed by atoms with Crippen molar-refractivity contribution >= 4 is 29.5 Å². The second kappa shape index (κ2) is 22.6. The number of hydrogen-bond acceptors (Lipinski definition) is 10. The van der Waals surface area contributed by atoms with E-state index in [-0.39, 0.29) is 55.2 Å². The fourth-order valence-corrected chi connectivity index (χ4v) is 7.06. The van der Waals surface area contributed by atoms with Gasteiger partial charge in [-0.25, -0.2) is 0 Å². The second-order valence-electron chi connectivity index (χ2n) is 14.5. The first-order valence-corrected chi connectivity index (χ1v) is 18.7. The van der Waals surface area contributed by atoms with Gasteiger partial charge in [-0.1, -0.05) is 71.4 Å². The SMILES string of the molecule is CC[C@H](C)[C@@H]([C@@H](CC(=O)N1CCC[C@H]1[C@H](OC)[C@@H](C)C(=O)N[C@H](CO)Cc1ccccc1)OC)N(C)C(=O)[C@@H](NC(=O)[C@@H](N)CNC(=O)CO)C(C)C. The lowest BCUT2D eigenvalue weighted by molar-refractivity contribution is -0.147. The third-order valence-electron chi connectivity index (χ3n) is 10.4. The first-order chi connectivity index (χ1) is 25.1. The van der Waals surface area contributed by atoms with E-state index < -0.39 is 60.7 Å². The third-order valence-corrected chi connectivity index (χ3v) is 10.4. The highest BCUT2D eigenvalue weighted by molar-refractivity contribution is 5.90. The lowest BCUT2D eigenvalue weighted by Gasteiger charge is -2.41. The van der Waals surface area contributed by atoms with E-state index in [4.69, 9.17) is 20.3 Å². The van der Waals surface area contributed by atoms with Crippen molar-refractivity contribution in [3.05, 3.63) is 35.9 Å². The lowest BCUT2D eigenvalue weighted by Crippen LogP contribution is -2.60. The van der Waals surface area contributed by atoms with Gasteiger partial charge in [0.25, 0.3) is 0 Å². The fourth-order valence-electron chi connectivity index (χ4n) is 7.06. The maximum absolute atomic E-state index is 14.1. The smallest absolute Gasteiger partial charge is 0.245 e. The van der Waals surface area contributed by atoms with E-state index in [9.17, 15) is 29.1 Å². The molecule has 2 rings (SSSR count). The van der Waals surface area contributed by atoms with Crippen LogP contribution in [0.1, 0.15) is 65.9 Å². The van der Waals surface area contributed by atoms with Crippen molar-refractivity contribution in [2.24, 2.45) is 23.5 Å². The Kier molecular flexibility index (Phi) is 19.4. The maximum atomic E-state index is 14.1. The zero-order chi connectivity index (χ0) is 39.8. The van der Waals surface area contributed by atoms with Crippen LogP contribution in [0, 0.1) is 17.8 Å². The first-order valence-electron chi connectivity index (χ1n) is 18.7. The van der Waals surface area contributed by atoms with Crippen LogP contribution >= 0.6 is 0 Å². The number of methoxy groups -OCH3 is 2. The van der Waals surface area contributed by atoms with E-state index in [0.717, 1.165) is 12.0 Å². The molecule has 0 aliphatic carbocycles. The number of carbonyl (C=O) groups excluding carboxylic acids is 5. The van der Waals surface area contributed by atoms with Gasteiger partial charge >= 0.3 is 0 Å². The summed E-state index contributed by atoms with van der Waals surface area (Å²) >= 11 is 0. The quantitative estimate of drug-likeness (QED) is 0.0949.